The number of hydrogen-bond donors (Lipinski definition) is 0. The van der Waals surface area contributed by atoms with Crippen molar-refractivity contribution in [2.24, 2.45) is 4.99 Å². The van der Waals surface area contributed by atoms with Crippen molar-refractivity contribution in [2.75, 3.05) is 0 Å². The maximum atomic E-state index is 13.6. The molecule has 37 heavy (non-hydrogen) atoms. The Labute approximate surface area is 236 Å². The van der Waals surface area contributed by atoms with Gasteiger partial charge in [-0.1, -0.05) is 60.7 Å². The highest BCUT2D eigenvalue weighted by molar-refractivity contribution is 14.1. The molecule has 0 N–H and O–H groups in total. The first-order valence-corrected chi connectivity index (χ1v) is 14.1. The Morgan fingerprint density at radius 3 is 2.24 bits per heavy atom. The number of amidine groups is 1. The summed E-state index contributed by atoms with van der Waals surface area (Å²) in [6.45, 7) is 7.39. The molecule has 2 heterocycles. The van der Waals surface area contributed by atoms with Crippen molar-refractivity contribution in [2.45, 2.75) is 33.9 Å². The minimum Gasteiger partial charge on any atom is -0.318 e. The summed E-state index contributed by atoms with van der Waals surface area (Å²) in [7, 11) is 0. The van der Waals surface area contributed by atoms with Crippen LogP contribution >= 0.6 is 34.4 Å². The number of benzene rings is 3. The molecule has 3 aromatic carbocycles. The zero-order valence-electron chi connectivity index (χ0n) is 21.1. The van der Waals surface area contributed by atoms with Crippen molar-refractivity contribution in [1.29, 1.82) is 0 Å². The highest BCUT2D eigenvalue weighted by atomic mass is 127. The molecule has 1 aliphatic heterocycles. The first kappa shape index (κ1) is 25.5. The lowest BCUT2D eigenvalue weighted by Crippen LogP contribution is -2.28. The number of carbonyl (C=O) groups excluding carboxylic acids is 1. The number of thioether (sulfide) groups is 1. The van der Waals surface area contributed by atoms with Crippen LogP contribution in [0.4, 0.5) is 0 Å². The Morgan fingerprint density at radius 2 is 1.57 bits per heavy atom. The molecule has 0 radical (unpaired) electrons. The molecule has 1 amide bonds. The molecule has 6 heteroatoms. The number of halogens is 1. The molecule has 1 saturated heterocycles. The molecule has 1 aliphatic rings. The predicted octanol–water partition coefficient (Wildman–Crippen LogP) is 7.68. The number of nitrogens with zero attached hydrogens (tertiary/aromatic N) is 3. The van der Waals surface area contributed by atoms with Crippen molar-refractivity contribution >= 4 is 51.5 Å². The number of hydrogen-bond acceptors (Lipinski definition) is 3. The van der Waals surface area contributed by atoms with Crippen LogP contribution in [-0.4, -0.2) is 20.5 Å². The van der Waals surface area contributed by atoms with Crippen molar-refractivity contribution in [3.63, 3.8) is 0 Å². The molecule has 1 aromatic heterocycles. The minimum absolute atomic E-state index is 0.00410. The highest BCUT2D eigenvalue weighted by Crippen LogP contribution is 2.35. The topological polar surface area (TPSA) is 37.6 Å². The van der Waals surface area contributed by atoms with Gasteiger partial charge >= 0.3 is 0 Å². The van der Waals surface area contributed by atoms with Gasteiger partial charge in [0.05, 0.1) is 18.0 Å². The quantitative estimate of drug-likeness (QED) is 0.165. The number of amides is 1. The van der Waals surface area contributed by atoms with Crippen LogP contribution in [0.3, 0.4) is 0 Å². The Kier molecular flexibility index (Phi) is 7.67. The van der Waals surface area contributed by atoms with E-state index in [9.17, 15) is 4.79 Å². The average Bonchev–Trinajstić information content (AvgIpc) is 3.35. The van der Waals surface area contributed by atoms with Gasteiger partial charge in [0, 0.05) is 20.6 Å². The third kappa shape index (κ3) is 5.60. The van der Waals surface area contributed by atoms with E-state index in [1.807, 2.05) is 54.6 Å². The van der Waals surface area contributed by atoms with E-state index in [1.165, 1.54) is 20.9 Å². The van der Waals surface area contributed by atoms with Crippen LogP contribution in [0.15, 0.2) is 94.8 Å². The summed E-state index contributed by atoms with van der Waals surface area (Å²) in [4.78, 5) is 21.0. The molecular formula is C31H28IN3OS. The molecule has 0 spiro atoms. The monoisotopic (exact) mass is 617 g/mol. The van der Waals surface area contributed by atoms with Gasteiger partial charge in [-0.05, 0) is 108 Å². The molecule has 4 nitrogen and oxygen atoms in total. The van der Waals surface area contributed by atoms with Crippen LogP contribution < -0.4 is 0 Å². The largest absolute Gasteiger partial charge is 0.318 e. The third-order valence-corrected chi connectivity index (χ3v) is 8.72. The van der Waals surface area contributed by atoms with Crippen molar-refractivity contribution in [3.8, 4) is 5.69 Å². The fourth-order valence-electron chi connectivity index (χ4n) is 4.51. The summed E-state index contributed by atoms with van der Waals surface area (Å²) in [5.41, 5.74) is 7.90. The van der Waals surface area contributed by atoms with E-state index in [4.69, 9.17) is 4.99 Å². The molecule has 0 aliphatic carbocycles. The standard InChI is InChI=1S/C31H28IN3OS/c1-21-16-27(14-15-28(21)32)35-22(2)17-26(23(35)3)18-29-30(36)34(20-25-12-8-5-9-13-25)31(37-29)33-19-24-10-6-4-7-11-24/h4-18H,19-20H2,1-3H3/b29-18-,33-31?. The summed E-state index contributed by atoms with van der Waals surface area (Å²) in [6.07, 6.45) is 2.02. The number of rotatable bonds is 6. The summed E-state index contributed by atoms with van der Waals surface area (Å²) in [5, 5.41) is 0.742. The maximum Gasteiger partial charge on any atom is 0.267 e. The van der Waals surface area contributed by atoms with Crippen molar-refractivity contribution in [1.82, 2.24) is 9.47 Å². The Hall–Kier alpha value is -3.10. The van der Waals surface area contributed by atoms with Crippen LogP contribution in [0.1, 0.15) is 33.6 Å². The molecule has 186 valence electrons. The van der Waals surface area contributed by atoms with Crippen molar-refractivity contribution in [3.05, 3.63) is 127 Å². The van der Waals surface area contributed by atoms with Gasteiger partial charge in [-0.3, -0.25) is 14.7 Å². The van der Waals surface area contributed by atoms with E-state index in [0.29, 0.717) is 18.0 Å². The molecule has 0 bridgehead atoms. The SMILES string of the molecule is Cc1cc(-n2c(C)cc(/C=C3\SC(=NCc4ccccc4)N(Cc4ccccc4)C3=O)c2C)ccc1I. The van der Waals surface area contributed by atoms with E-state index in [-0.39, 0.29) is 5.91 Å². The van der Waals surface area contributed by atoms with E-state index < -0.39 is 0 Å². The van der Waals surface area contributed by atoms with Crippen LogP contribution in [-0.2, 0) is 17.9 Å². The molecule has 5 rings (SSSR count). The number of aromatic nitrogens is 1. The van der Waals surface area contributed by atoms with Gasteiger partial charge in [0.25, 0.3) is 5.91 Å². The van der Waals surface area contributed by atoms with Crippen LogP contribution in [0.25, 0.3) is 11.8 Å². The molecule has 4 aromatic rings. The van der Waals surface area contributed by atoms with Crippen molar-refractivity contribution < 1.29 is 4.79 Å². The average molecular weight is 618 g/mol. The molecule has 0 saturated carbocycles. The predicted molar refractivity (Wildman–Crippen MR) is 163 cm³/mol. The fourth-order valence-corrected chi connectivity index (χ4v) is 5.82. The summed E-state index contributed by atoms with van der Waals surface area (Å²) in [6, 6.07) is 28.9. The van der Waals surface area contributed by atoms with E-state index in [2.05, 4.69) is 84.3 Å². The van der Waals surface area contributed by atoms with Gasteiger partial charge in [-0.15, -0.1) is 0 Å². The van der Waals surface area contributed by atoms with Crippen LogP contribution in [0.5, 0.6) is 0 Å². The second-order valence-corrected chi connectivity index (χ2v) is 11.3. The number of aliphatic imine (C=N–C) groups is 1. The van der Waals surface area contributed by atoms with Gasteiger partial charge < -0.3 is 4.57 Å². The molecular weight excluding hydrogens is 589 g/mol. The van der Waals surface area contributed by atoms with Gasteiger partial charge in [-0.25, -0.2) is 0 Å². The third-order valence-electron chi connectivity index (χ3n) is 6.47. The lowest BCUT2D eigenvalue weighted by Gasteiger charge is -2.15. The van der Waals surface area contributed by atoms with E-state index in [0.717, 1.165) is 38.9 Å². The van der Waals surface area contributed by atoms with Crippen LogP contribution in [0.2, 0.25) is 0 Å². The highest BCUT2D eigenvalue weighted by Gasteiger charge is 2.33. The number of carbonyl (C=O) groups is 1. The Balaban J connectivity index is 1.49. The summed E-state index contributed by atoms with van der Waals surface area (Å²) < 4.78 is 3.51. The van der Waals surface area contributed by atoms with Gasteiger partial charge in [-0.2, -0.15) is 0 Å². The smallest absolute Gasteiger partial charge is 0.267 e. The minimum atomic E-state index is -0.00410. The zero-order valence-corrected chi connectivity index (χ0v) is 24.1. The Bertz CT molecular complexity index is 1510. The molecule has 0 atom stereocenters. The summed E-state index contributed by atoms with van der Waals surface area (Å²) in [5.74, 6) is -0.00410. The normalized spacial score (nSPS) is 15.8. The first-order valence-electron chi connectivity index (χ1n) is 12.2. The Morgan fingerprint density at radius 1 is 0.892 bits per heavy atom. The fraction of sp³-hybridized carbons (Fsp3) is 0.161. The zero-order chi connectivity index (χ0) is 25.9. The summed E-state index contributed by atoms with van der Waals surface area (Å²) >= 11 is 3.83. The second kappa shape index (κ2) is 11.1. The molecule has 0 unspecified atom stereocenters. The number of aryl methyl sites for hydroxylation is 2. The maximum absolute atomic E-state index is 13.6. The van der Waals surface area contributed by atoms with Crippen LogP contribution in [0, 0.1) is 24.3 Å². The van der Waals surface area contributed by atoms with Gasteiger partial charge in [0.1, 0.15) is 0 Å². The van der Waals surface area contributed by atoms with Gasteiger partial charge in [0.15, 0.2) is 5.17 Å². The lowest BCUT2D eigenvalue weighted by atomic mass is 10.2. The van der Waals surface area contributed by atoms with E-state index in [1.54, 1.807) is 4.90 Å². The van der Waals surface area contributed by atoms with E-state index >= 15 is 0 Å². The van der Waals surface area contributed by atoms with Gasteiger partial charge in [0.2, 0.25) is 0 Å². The first-order chi connectivity index (χ1) is 17.9. The second-order valence-electron chi connectivity index (χ2n) is 9.17. The lowest BCUT2D eigenvalue weighted by molar-refractivity contribution is -0.122. The molecule has 1 fully saturated rings.